The number of alkyl halides is 3. The van der Waals surface area contributed by atoms with E-state index < -0.39 is 17.8 Å². The number of fused-ring (bicyclic) bond motifs is 1. The number of amides is 1. The van der Waals surface area contributed by atoms with E-state index in [2.05, 4.69) is 0 Å². The summed E-state index contributed by atoms with van der Waals surface area (Å²) in [5.41, 5.74) is 0.899. The molecule has 0 saturated carbocycles. The van der Waals surface area contributed by atoms with Crippen molar-refractivity contribution >= 4 is 11.6 Å². The molecule has 0 radical (unpaired) electrons. The number of piperazine rings is 1. The molecule has 142 valence electrons. The number of carbonyl (C=O) groups is 1. The van der Waals surface area contributed by atoms with Gasteiger partial charge in [-0.3, -0.25) is 4.79 Å². The van der Waals surface area contributed by atoms with E-state index in [9.17, 15) is 18.0 Å². The van der Waals surface area contributed by atoms with Gasteiger partial charge in [0.1, 0.15) is 5.75 Å². The lowest BCUT2D eigenvalue weighted by molar-refractivity contribution is -0.138. The molecule has 0 aliphatic carbocycles. The first-order valence-corrected chi connectivity index (χ1v) is 8.87. The molecule has 2 aromatic rings. The lowest BCUT2D eigenvalue weighted by atomic mass is 10.1. The van der Waals surface area contributed by atoms with Crippen LogP contribution in [0.15, 0.2) is 48.5 Å². The molecule has 2 aliphatic rings. The maximum atomic E-state index is 12.9. The first-order valence-electron chi connectivity index (χ1n) is 8.87. The van der Waals surface area contributed by atoms with E-state index in [-0.39, 0.29) is 5.91 Å². The minimum Gasteiger partial charge on any atom is -0.480 e. The molecule has 7 heteroatoms. The Bertz CT molecular complexity index is 820. The SMILES string of the molecule is O=C([C@@H]1Cc2ccccc2O1)N1CCN(c2cccc(C(F)(F)F)c2)CC1. The van der Waals surface area contributed by atoms with Gasteiger partial charge in [-0.1, -0.05) is 24.3 Å². The molecule has 4 nitrogen and oxygen atoms in total. The molecule has 0 aromatic heterocycles. The average Bonchev–Trinajstić information content (AvgIpc) is 3.11. The number of halogens is 3. The highest BCUT2D eigenvalue weighted by atomic mass is 19.4. The molecule has 0 spiro atoms. The van der Waals surface area contributed by atoms with Crippen molar-refractivity contribution in [3.8, 4) is 5.75 Å². The first-order chi connectivity index (χ1) is 12.9. The van der Waals surface area contributed by atoms with Gasteiger partial charge in [-0.05, 0) is 29.8 Å². The Labute approximate surface area is 155 Å². The summed E-state index contributed by atoms with van der Waals surface area (Å²) in [7, 11) is 0. The van der Waals surface area contributed by atoms with E-state index >= 15 is 0 Å². The second kappa shape index (κ2) is 6.79. The second-order valence-corrected chi connectivity index (χ2v) is 6.78. The normalized spacial score (nSPS) is 19.6. The average molecular weight is 376 g/mol. The maximum absolute atomic E-state index is 12.9. The van der Waals surface area contributed by atoms with E-state index in [0.717, 1.165) is 23.4 Å². The molecule has 27 heavy (non-hydrogen) atoms. The molecule has 2 aromatic carbocycles. The number of hydrogen-bond donors (Lipinski definition) is 0. The summed E-state index contributed by atoms with van der Waals surface area (Å²) in [5, 5.41) is 0. The zero-order valence-corrected chi connectivity index (χ0v) is 14.6. The van der Waals surface area contributed by atoms with Gasteiger partial charge in [-0.25, -0.2) is 0 Å². The molecule has 2 heterocycles. The van der Waals surface area contributed by atoms with E-state index in [4.69, 9.17) is 4.74 Å². The van der Waals surface area contributed by atoms with Gasteiger partial charge in [0.05, 0.1) is 5.56 Å². The van der Waals surface area contributed by atoms with E-state index in [1.165, 1.54) is 6.07 Å². The third-order valence-electron chi connectivity index (χ3n) is 5.05. The summed E-state index contributed by atoms with van der Waals surface area (Å²) in [6, 6.07) is 12.9. The van der Waals surface area contributed by atoms with Crippen LogP contribution >= 0.6 is 0 Å². The molecule has 0 N–H and O–H groups in total. The summed E-state index contributed by atoms with van der Waals surface area (Å²) in [6.45, 7) is 1.91. The molecule has 1 fully saturated rings. The van der Waals surface area contributed by atoms with Crippen molar-refractivity contribution < 1.29 is 22.7 Å². The van der Waals surface area contributed by atoms with Crippen molar-refractivity contribution in [3.05, 3.63) is 59.7 Å². The van der Waals surface area contributed by atoms with Crippen molar-refractivity contribution in [1.29, 1.82) is 0 Å². The lowest BCUT2D eigenvalue weighted by Crippen LogP contribution is -2.52. The van der Waals surface area contributed by atoms with Gasteiger partial charge < -0.3 is 14.5 Å². The highest BCUT2D eigenvalue weighted by Gasteiger charge is 2.34. The van der Waals surface area contributed by atoms with Crippen LogP contribution in [-0.4, -0.2) is 43.1 Å². The number of rotatable bonds is 2. The molecule has 0 unspecified atom stereocenters. The molecule has 2 aliphatic heterocycles. The van der Waals surface area contributed by atoms with Gasteiger partial charge in [0.2, 0.25) is 0 Å². The van der Waals surface area contributed by atoms with Crippen molar-refractivity contribution in [1.82, 2.24) is 4.90 Å². The Hall–Kier alpha value is -2.70. The van der Waals surface area contributed by atoms with Crippen molar-refractivity contribution in [2.45, 2.75) is 18.7 Å². The quantitative estimate of drug-likeness (QED) is 0.806. The van der Waals surface area contributed by atoms with Crippen LogP contribution in [0.3, 0.4) is 0 Å². The predicted molar refractivity (Wildman–Crippen MR) is 94.8 cm³/mol. The number of carbonyl (C=O) groups excluding carboxylic acids is 1. The van der Waals surface area contributed by atoms with Gasteiger partial charge in [0.15, 0.2) is 6.10 Å². The molecule has 1 saturated heterocycles. The van der Waals surface area contributed by atoms with E-state index in [1.54, 1.807) is 11.0 Å². The van der Waals surface area contributed by atoms with E-state index in [1.807, 2.05) is 29.2 Å². The van der Waals surface area contributed by atoms with Crippen LogP contribution in [-0.2, 0) is 17.4 Å². The van der Waals surface area contributed by atoms with Gasteiger partial charge in [0.25, 0.3) is 5.91 Å². The van der Waals surface area contributed by atoms with Crippen LogP contribution < -0.4 is 9.64 Å². The topological polar surface area (TPSA) is 32.8 Å². The Morgan fingerprint density at radius 3 is 2.44 bits per heavy atom. The molecule has 4 rings (SSSR count). The zero-order valence-electron chi connectivity index (χ0n) is 14.6. The number of nitrogens with zero attached hydrogens (tertiary/aromatic N) is 2. The fourth-order valence-electron chi connectivity index (χ4n) is 3.59. The van der Waals surface area contributed by atoms with Crippen LogP contribution in [0.2, 0.25) is 0 Å². The minimum atomic E-state index is -4.36. The predicted octanol–water partition coefficient (Wildman–Crippen LogP) is 3.36. The largest absolute Gasteiger partial charge is 0.480 e. The van der Waals surface area contributed by atoms with Crippen LogP contribution in [0.4, 0.5) is 18.9 Å². The monoisotopic (exact) mass is 376 g/mol. The molecule has 1 amide bonds. The van der Waals surface area contributed by atoms with Crippen LogP contribution in [0.1, 0.15) is 11.1 Å². The van der Waals surface area contributed by atoms with Crippen LogP contribution in [0.25, 0.3) is 0 Å². The Balaban J connectivity index is 1.38. The van der Waals surface area contributed by atoms with Crippen LogP contribution in [0, 0.1) is 0 Å². The number of benzene rings is 2. The van der Waals surface area contributed by atoms with Crippen LogP contribution in [0.5, 0.6) is 5.75 Å². The fourth-order valence-corrected chi connectivity index (χ4v) is 3.59. The standard InChI is InChI=1S/C20H19F3N2O2/c21-20(22,23)15-5-3-6-16(13-15)24-8-10-25(11-9-24)19(26)18-12-14-4-1-2-7-17(14)27-18/h1-7,13,18H,8-12H2/t18-/m0/s1. The third-order valence-corrected chi connectivity index (χ3v) is 5.05. The maximum Gasteiger partial charge on any atom is 0.416 e. The Kier molecular flexibility index (Phi) is 4.45. The van der Waals surface area contributed by atoms with Crippen molar-refractivity contribution in [2.24, 2.45) is 0 Å². The highest BCUT2D eigenvalue weighted by molar-refractivity contribution is 5.83. The second-order valence-electron chi connectivity index (χ2n) is 6.78. The fraction of sp³-hybridized carbons (Fsp3) is 0.350. The number of para-hydroxylation sites is 1. The lowest BCUT2D eigenvalue weighted by Gasteiger charge is -2.37. The van der Waals surface area contributed by atoms with Gasteiger partial charge in [-0.15, -0.1) is 0 Å². The van der Waals surface area contributed by atoms with E-state index in [0.29, 0.717) is 38.3 Å². The number of hydrogen-bond acceptors (Lipinski definition) is 3. The minimum absolute atomic E-state index is 0.0603. The number of ether oxygens (including phenoxy) is 1. The highest BCUT2D eigenvalue weighted by Crippen LogP contribution is 2.32. The molecule has 0 bridgehead atoms. The zero-order chi connectivity index (χ0) is 19.0. The summed E-state index contributed by atoms with van der Waals surface area (Å²) in [6.07, 6.45) is -4.31. The smallest absolute Gasteiger partial charge is 0.416 e. The molecule has 1 atom stereocenters. The summed E-state index contributed by atoms with van der Waals surface area (Å²) in [5.74, 6) is 0.688. The summed E-state index contributed by atoms with van der Waals surface area (Å²) in [4.78, 5) is 16.3. The first kappa shape index (κ1) is 17.7. The number of anilines is 1. The summed E-state index contributed by atoms with van der Waals surface area (Å²) >= 11 is 0. The summed E-state index contributed by atoms with van der Waals surface area (Å²) < 4.78 is 44.5. The van der Waals surface area contributed by atoms with Gasteiger partial charge in [-0.2, -0.15) is 13.2 Å². The van der Waals surface area contributed by atoms with Gasteiger partial charge >= 0.3 is 6.18 Å². The molecular formula is C20H19F3N2O2. The Morgan fingerprint density at radius 1 is 1.00 bits per heavy atom. The van der Waals surface area contributed by atoms with Gasteiger partial charge in [0, 0.05) is 38.3 Å². The Morgan fingerprint density at radius 2 is 1.74 bits per heavy atom. The molecular weight excluding hydrogens is 357 g/mol. The van der Waals surface area contributed by atoms with Crippen molar-refractivity contribution in [2.75, 3.05) is 31.1 Å². The third kappa shape index (κ3) is 3.59. The van der Waals surface area contributed by atoms with Crippen molar-refractivity contribution in [3.63, 3.8) is 0 Å².